The molecular weight excluding hydrogens is 466 g/mol. The average Bonchev–Trinajstić information content (AvgIpc) is 3.01. The number of aliphatic imine (C=N–C) groups is 1. The van der Waals surface area contributed by atoms with E-state index in [4.69, 9.17) is 15.2 Å². The van der Waals surface area contributed by atoms with E-state index in [1.807, 2.05) is 0 Å². The highest BCUT2D eigenvalue weighted by Crippen LogP contribution is 2.33. The van der Waals surface area contributed by atoms with E-state index < -0.39 is 12.1 Å². The fraction of sp³-hybridized carbons (Fsp3) is 0.188. The van der Waals surface area contributed by atoms with Crippen LogP contribution in [-0.2, 0) is 6.54 Å². The molecule has 1 heterocycles. The third-order valence-corrected chi connectivity index (χ3v) is 3.24. The number of benzene rings is 2. The van der Waals surface area contributed by atoms with Crippen LogP contribution in [-0.4, -0.2) is 19.1 Å². The predicted molar refractivity (Wildman–Crippen MR) is 100 cm³/mol. The zero-order valence-electron chi connectivity index (χ0n) is 13.2. The average molecular weight is 481 g/mol. The Morgan fingerprint density at radius 3 is 2.65 bits per heavy atom. The lowest BCUT2D eigenvalue weighted by Gasteiger charge is -2.14. The highest BCUT2D eigenvalue weighted by molar-refractivity contribution is 14.0. The van der Waals surface area contributed by atoms with Crippen molar-refractivity contribution in [3.05, 3.63) is 48.0 Å². The largest absolute Gasteiger partial charge is 0.573 e. The summed E-state index contributed by atoms with van der Waals surface area (Å²) in [7, 11) is 0. The fourth-order valence-electron chi connectivity index (χ4n) is 2.18. The number of para-hydroxylation sites is 2. The summed E-state index contributed by atoms with van der Waals surface area (Å²) in [5.41, 5.74) is 6.62. The normalized spacial score (nSPS) is 13.1. The van der Waals surface area contributed by atoms with Gasteiger partial charge in [-0.15, -0.1) is 37.1 Å². The molecule has 3 rings (SSSR count). The quantitative estimate of drug-likeness (QED) is 0.394. The van der Waals surface area contributed by atoms with Gasteiger partial charge < -0.3 is 25.3 Å². The minimum Gasteiger partial charge on any atom is -0.454 e. The molecule has 0 radical (unpaired) electrons. The number of hydrogen-bond donors (Lipinski definition) is 2. The monoisotopic (exact) mass is 481 g/mol. The summed E-state index contributed by atoms with van der Waals surface area (Å²) >= 11 is 0. The van der Waals surface area contributed by atoms with Crippen molar-refractivity contribution in [3.8, 4) is 17.2 Å². The Kier molecular flexibility index (Phi) is 6.40. The third-order valence-electron chi connectivity index (χ3n) is 3.24. The Morgan fingerprint density at radius 2 is 1.88 bits per heavy atom. The molecule has 0 saturated carbocycles. The lowest BCUT2D eigenvalue weighted by Crippen LogP contribution is -2.24. The number of nitrogens with two attached hydrogens (primary N) is 1. The van der Waals surface area contributed by atoms with Crippen LogP contribution >= 0.6 is 24.0 Å². The van der Waals surface area contributed by atoms with Crippen molar-refractivity contribution in [2.45, 2.75) is 12.9 Å². The van der Waals surface area contributed by atoms with Gasteiger partial charge in [0.15, 0.2) is 23.2 Å². The van der Waals surface area contributed by atoms with Crippen LogP contribution < -0.4 is 25.3 Å². The number of guanidine groups is 1. The van der Waals surface area contributed by atoms with Crippen LogP contribution in [0.4, 0.5) is 18.9 Å². The van der Waals surface area contributed by atoms with Crippen molar-refractivity contribution >= 4 is 35.6 Å². The number of alkyl halides is 3. The maximum Gasteiger partial charge on any atom is 0.573 e. The zero-order chi connectivity index (χ0) is 17.9. The number of hydrogen-bond acceptors (Lipinski definition) is 4. The summed E-state index contributed by atoms with van der Waals surface area (Å²) in [4.78, 5) is 4.10. The number of fused-ring (bicyclic) bond motifs is 1. The summed E-state index contributed by atoms with van der Waals surface area (Å²) in [5, 5.41) is 2.60. The molecule has 0 spiro atoms. The second-order valence-corrected chi connectivity index (χ2v) is 5.06. The molecule has 1 aliphatic heterocycles. The topological polar surface area (TPSA) is 78.1 Å². The smallest absolute Gasteiger partial charge is 0.454 e. The molecular formula is C16H15F3IN3O3. The van der Waals surface area contributed by atoms with E-state index in [0.717, 1.165) is 5.56 Å². The van der Waals surface area contributed by atoms with Crippen LogP contribution in [0.3, 0.4) is 0 Å². The first-order valence-electron chi connectivity index (χ1n) is 7.21. The molecule has 0 bridgehead atoms. The van der Waals surface area contributed by atoms with Crippen molar-refractivity contribution in [1.29, 1.82) is 0 Å². The summed E-state index contributed by atoms with van der Waals surface area (Å²) < 4.78 is 51.6. The summed E-state index contributed by atoms with van der Waals surface area (Å²) in [6.45, 7) is 0.388. The first-order valence-corrected chi connectivity index (χ1v) is 7.21. The molecule has 0 fully saturated rings. The molecule has 1 aliphatic rings. The third kappa shape index (κ3) is 5.31. The molecule has 140 valence electrons. The lowest BCUT2D eigenvalue weighted by atomic mass is 10.2. The van der Waals surface area contributed by atoms with Gasteiger partial charge in [0.1, 0.15) is 0 Å². The number of nitrogens with zero attached hydrogens (tertiary/aromatic N) is 1. The van der Waals surface area contributed by atoms with E-state index in [1.165, 1.54) is 18.2 Å². The van der Waals surface area contributed by atoms with Gasteiger partial charge >= 0.3 is 6.36 Å². The second-order valence-electron chi connectivity index (χ2n) is 5.06. The van der Waals surface area contributed by atoms with Crippen LogP contribution in [0.25, 0.3) is 0 Å². The van der Waals surface area contributed by atoms with Crippen molar-refractivity contribution < 1.29 is 27.4 Å². The van der Waals surface area contributed by atoms with Gasteiger partial charge in [0.05, 0.1) is 12.2 Å². The molecule has 0 saturated heterocycles. The van der Waals surface area contributed by atoms with Crippen molar-refractivity contribution in [1.82, 2.24) is 0 Å². The number of anilines is 1. The number of rotatable bonds is 4. The van der Waals surface area contributed by atoms with E-state index in [2.05, 4.69) is 15.0 Å². The lowest BCUT2D eigenvalue weighted by molar-refractivity contribution is -0.274. The Balaban J connectivity index is 0.00000243. The van der Waals surface area contributed by atoms with Gasteiger partial charge in [-0.05, 0) is 29.8 Å². The van der Waals surface area contributed by atoms with Crippen molar-refractivity contribution in [3.63, 3.8) is 0 Å². The standard InChI is InChI=1S/C16H14F3N3O3.HI/c17-16(18,19)25-12-4-2-1-3-11(12)22-15(20)21-8-10-5-6-13-14(7-10)24-9-23-13;/h1-7H,8-9H2,(H3,20,21,22);1H. The zero-order valence-corrected chi connectivity index (χ0v) is 15.6. The van der Waals surface area contributed by atoms with Crippen molar-refractivity contribution in [2.75, 3.05) is 12.1 Å². The molecule has 0 unspecified atom stereocenters. The van der Waals surface area contributed by atoms with Gasteiger partial charge in [0.2, 0.25) is 6.79 Å². The first-order chi connectivity index (χ1) is 11.9. The highest BCUT2D eigenvalue weighted by Gasteiger charge is 2.32. The SMILES string of the molecule is I.NC(=NCc1ccc2c(c1)OCO2)Nc1ccccc1OC(F)(F)F. The van der Waals surface area contributed by atoms with Gasteiger partial charge in [0, 0.05) is 0 Å². The first kappa shape index (κ1) is 19.9. The Bertz CT molecular complexity index is 800. The van der Waals surface area contributed by atoms with E-state index in [-0.39, 0.29) is 49.0 Å². The summed E-state index contributed by atoms with van der Waals surface area (Å²) in [6, 6.07) is 10.9. The van der Waals surface area contributed by atoms with Gasteiger partial charge in [-0.25, -0.2) is 4.99 Å². The van der Waals surface area contributed by atoms with Gasteiger partial charge in [-0.3, -0.25) is 0 Å². The number of halogens is 4. The molecule has 26 heavy (non-hydrogen) atoms. The molecule has 6 nitrogen and oxygen atoms in total. The summed E-state index contributed by atoms with van der Waals surface area (Å²) in [5.74, 6) is 0.826. The molecule has 0 amide bonds. The minimum absolute atomic E-state index is 0. The Morgan fingerprint density at radius 1 is 1.15 bits per heavy atom. The molecule has 0 atom stereocenters. The van der Waals surface area contributed by atoms with Crippen molar-refractivity contribution in [2.24, 2.45) is 10.7 Å². The molecule has 2 aromatic carbocycles. The van der Waals surface area contributed by atoms with E-state index in [0.29, 0.717) is 11.5 Å². The molecule has 2 aromatic rings. The predicted octanol–water partition coefficient (Wildman–Crippen LogP) is 3.86. The minimum atomic E-state index is -4.80. The molecule has 10 heteroatoms. The Labute approximate surface area is 164 Å². The number of nitrogens with one attached hydrogen (secondary N) is 1. The van der Waals surface area contributed by atoms with Crippen LogP contribution in [0.5, 0.6) is 17.2 Å². The second kappa shape index (κ2) is 8.34. The van der Waals surface area contributed by atoms with E-state index in [1.54, 1.807) is 24.3 Å². The van der Waals surface area contributed by atoms with E-state index in [9.17, 15) is 13.2 Å². The maximum atomic E-state index is 12.4. The van der Waals surface area contributed by atoms with E-state index >= 15 is 0 Å². The number of ether oxygens (including phenoxy) is 3. The van der Waals surface area contributed by atoms with Crippen LogP contribution in [0, 0.1) is 0 Å². The molecule has 3 N–H and O–H groups in total. The van der Waals surface area contributed by atoms with Gasteiger partial charge in [-0.2, -0.15) is 0 Å². The maximum absolute atomic E-state index is 12.4. The van der Waals surface area contributed by atoms with Gasteiger partial charge in [-0.1, -0.05) is 18.2 Å². The molecule has 0 aliphatic carbocycles. The highest BCUT2D eigenvalue weighted by atomic mass is 127. The van der Waals surface area contributed by atoms with Crippen LogP contribution in [0.2, 0.25) is 0 Å². The molecule has 0 aromatic heterocycles. The van der Waals surface area contributed by atoms with Crippen LogP contribution in [0.15, 0.2) is 47.5 Å². The Hall–Kier alpha value is -2.37. The fourth-order valence-corrected chi connectivity index (χ4v) is 2.18. The van der Waals surface area contributed by atoms with Gasteiger partial charge in [0.25, 0.3) is 0 Å². The summed E-state index contributed by atoms with van der Waals surface area (Å²) in [6.07, 6.45) is -4.80. The van der Waals surface area contributed by atoms with Crippen LogP contribution in [0.1, 0.15) is 5.56 Å².